The Hall–Kier alpha value is -3.58. The molecular formula is C26H23NO5S. The third-order valence-corrected chi connectivity index (χ3v) is 6.90. The van der Waals surface area contributed by atoms with Crippen LogP contribution in [0.1, 0.15) is 34.0 Å². The van der Waals surface area contributed by atoms with E-state index in [4.69, 9.17) is 9.47 Å². The minimum atomic E-state index is -0.727. The summed E-state index contributed by atoms with van der Waals surface area (Å²) in [5.41, 5.74) is 2.27. The molecule has 1 amide bonds. The fourth-order valence-electron chi connectivity index (χ4n) is 4.43. The van der Waals surface area contributed by atoms with Crippen molar-refractivity contribution >= 4 is 28.8 Å². The molecule has 2 aromatic carbocycles. The van der Waals surface area contributed by atoms with E-state index in [2.05, 4.69) is 0 Å². The zero-order chi connectivity index (χ0) is 22.9. The number of aliphatic hydroxyl groups excluding tert-OH is 1. The highest BCUT2D eigenvalue weighted by Crippen LogP contribution is 2.42. The quantitative estimate of drug-likeness (QED) is 0.339. The van der Waals surface area contributed by atoms with Crippen molar-refractivity contribution in [3.63, 3.8) is 0 Å². The van der Waals surface area contributed by atoms with E-state index in [1.165, 1.54) is 16.2 Å². The number of ketones is 1. The maximum Gasteiger partial charge on any atom is 0.295 e. The topological polar surface area (TPSA) is 76.1 Å². The van der Waals surface area contributed by atoms with Crippen LogP contribution in [0.25, 0.3) is 5.76 Å². The van der Waals surface area contributed by atoms with E-state index in [-0.39, 0.29) is 17.9 Å². The van der Waals surface area contributed by atoms with Crippen molar-refractivity contribution in [2.45, 2.75) is 25.4 Å². The molecule has 1 N–H and O–H groups in total. The molecule has 168 valence electrons. The first kappa shape index (κ1) is 21.3. The van der Waals surface area contributed by atoms with Crippen molar-refractivity contribution in [1.82, 2.24) is 4.90 Å². The van der Waals surface area contributed by atoms with Gasteiger partial charge in [0.15, 0.2) is 0 Å². The van der Waals surface area contributed by atoms with Gasteiger partial charge >= 0.3 is 0 Å². The molecule has 1 aromatic heterocycles. The first-order valence-corrected chi connectivity index (χ1v) is 11.7. The van der Waals surface area contributed by atoms with Crippen LogP contribution in [0.3, 0.4) is 0 Å². The highest BCUT2D eigenvalue weighted by atomic mass is 32.1. The predicted octanol–water partition coefficient (Wildman–Crippen LogP) is 4.70. The molecule has 6 nitrogen and oxygen atoms in total. The van der Waals surface area contributed by atoms with Crippen LogP contribution in [0.15, 0.2) is 65.6 Å². The minimum absolute atomic E-state index is 0.0847. The number of fused-ring (bicyclic) bond motifs is 1. The largest absolute Gasteiger partial charge is 0.507 e. The summed E-state index contributed by atoms with van der Waals surface area (Å²) >= 11 is 1.52. The van der Waals surface area contributed by atoms with E-state index >= 15 is 0 Å². The number of thiophene rings is 1. The number of Topliss-reactive ketones (excluding diaryl/α,β-unsaturated/α-hetero) is 1. The standard InChI is InChI=1S/C26H23NO5S/c1-31-19-7-2-5-17(14-19)23-22(25(29)26(30)27(23)15-20-8-4-12-33-20)24(28)18-9-10-21-16(13-18)6-3-11-32-21/h2,4-5,7-10,12-14,23,28H,3,6,11,15H2,1H3/b24-22-. The number of hydrogen-bond acceptors (Lipinski definition) is 6. The molecule has 1 unspecified atom stereocenters. The fourth-order valence-corrected chi connectivity index (χ4v) is 5.14. The van der Waals surface area contributed by atoms with E-state index < -0.39 is 17.7 Å². The number of carbonyl (C=O) groups is 2. The minimum Gasteiger partial charge on any atom is -0.507 e. The van der Waals surface area contributed by atoms with Gasteiger partial charge in [0.05, 0.1) is 31.9 Å². The second kappa shape index (κ2) is 8.75. The Labute approximate surface area is 195 Å². The Morgan fingerprint density at radius 1 is 1.18 bits per heavy atom. The van der Waals surface area contributed by atoms with Gasteiger partial charge in [0.1, 0.15) is 17.3 Å². The molecule has 0 saturated carbocycles. The molecule has 5 rings (SSSR count). The molecule has 33 heavy (non-hydrogen) atoms. The van der Waals surface area contributed by atoms with Crippen molar-refractivity contribution in [3.8, 4) is 11.5 Å². The zero-order valence-electron chi connectivity index (χ0n) is 18.1. The molecular weight excluding hydrogens is 438 g/mol. The van der Waals surface area contributed by atoms with Gasteiger partial charge in [0.25, 0.3) is 11.7 Å². The maximum absolute atomic E-state index is 13.2. The van der Waals surface area contributed by atoms with Crippen LogP contribution in [0.4, 0.5) is 0 Å². The summed E-state index contributed by atoms with van der Waals surface area (Å²) in [5.74, 6) is -0.0893. The SMILES string of the molecule is COc1cccc(C2/C(=C(/O)c3ccc4c(c3)CCCO4)C(=O)C(=O)N2Cc2cccs2)c1. The van der Waals surface area contributed by atoms with E-state index in [9.17, 15) is 14.7 Å². The molecule has 0 bridgehead atoms. The van der Waals surface area contributed by atoms with Gasteiger partial charge in [-0.1, -0.05) is 18.2 Å². The van der Waals surface area contributed by atoms with Crippen LogP contribution in [0.2, 0.25) is 0 Å². The Morgan fingerprint density at radius 3 is 2.85 bits per heavy atom. The molecule has 3 heterocycles. The highest BCUT2D eigenvalue weighted by Gasteiger charge is 2.46. The molecule has 0 radical (unpaired) electrons. The lowest BCUT2D eigenvalue weighted by Gasteiger charge is -2.25. The summed E-state index contributed by atoms with van der Waals surface area (Å²) < 4.78 is 11.0. The molecule has 0 aliphatic carbocycles. The van der Waals surface area contributed by atoms with Crippen molar-refractivity contribution in [2.75, 3.05) is 13.7 Å². The number of ether oxygens (including phenoxy) is 2. The van der Waals surface area contributed by atoms with Crippen molar-refractivity contribution in [1.29, 1.82) is 0 Å². The number of amides is 1. The first-order chi connectivity index (χ1) is 16.1. The summed E-state index contributed by atoms with van der Waals surface area (Å²) in [6.45, 7) is 0.945. The summed E-state index contributed by atoms with van der Waals surface area (Å²) in [7, 11) is 1.57. The second-order valence-electron chi connectivity index (χ2n) is 8.06. The van der Waals surface area contributed by atoms with Crippen LogP contribution in [-0.2, 0) is 22.6 Å². The Morgan fingerprint density at radius 2 is 2.06 bits per heavy atom. The van der Waals surface area contributed by atoms with Gasteiger partial charge in [-0.25, -0.2) is 0 Å². The van der Waals surface area contributed by atoms with Crippen molar-refractivity contribution in [3.05, 3.63) is 87.1 Å². The van der Waals surface area contributed by atoms with Crippen LogP contribution in [0, 0.1) is 0 Å². The monoisotopic (exact) mass is 461 g/mol. The van der Waals surface area contributed by atoms with Gasteiger partial charge in [-0.15, -0.1) is 11.3 Å². The van der Waals surface area contributed by atoms with Crippen LogP contribution in [-0.4, -0.2) is 35.4 Å². The smallest absolute Gasteiger partial charge is 0.295 e. The van der Waals surface area contributed by atoms with Crippen LogP contribution >= 0.6 is 11.3 Å². The summed E-state index contributed by atoms with van der Waals surface area (Å²) in [5, 5.41) is 13.3. The van der Waals surface area contributed by atoms with Gasteiger partial charge in [-0.05, 0) is 65.7 Å². The van der Waals surface area contributed by atoms with Crippen LogP contribution < -0.4 is 9.47 Å². The molecule has 1 saturated heterocycles. The van der Waals surface area contributed by atoms with Crippen molar-refractivity contribution < 1.29 is 24.2 Å². The first-order valence-electron chi connectivity index (χ1n) is 10.8. The summed E-state index contributed by atoms with van der Waals surface area (Å²) in [6, 6.07) is 15.8. The Balaban J connectivity index is 1.64. The molecule has 2 aliphatic heterocycles. The van der Waals surface area contributed by atoms with Gasteiger partial charge in [0, 0.05) is 10.4 Å². The predicted molar refractivity (Wildman–Crippen MR) is 125 cm³/mol. The summed E-state index contributed by atoms with van der Waals surface area (Å²) in [4.78, 5) is 28.8. The number of likely N-dealkylation sites (tertiary alicyclic amines) is 1. The number of carbonyl (C=O) groups excluding carboxylic acids is 2. The average molecular weight is 462 g/mol. The summed E-state index contributed by atoms with van der Waals surface area (Å²) in [6.07, 6.45) is 1.73. The van der Waals surface area contributed by atoms with E-state index in [1.54, 1.807) is 25.3 Å². The molecule has 0 spiro atoms. The van der Waals surface area contributed by atoms with Gasteiger partial charge in [-0.3, -0.25) is 9.59 Å². The average Bonchev–Trinajstić information content (AvgIpc) is 3.45. The number of methoxy groups -OCH3 is 1. The lowest BCUT2D eigenvalue weighted by atomic mass is 9.94. The number of hydrogen-bond donors (Lipinski definition) is 1. The third-order valence-electron chi connectivity index (χ3n) is 6.04. The number of aryl methyl sites for hydroxylation is 1. The second-order valence-corrected chi connectivity index (χ2v) is 9.09. The molecule has 1 fully saturated rings. The molecule has 1 atom stereocenters. The zero-order valence-corrected chi connectivity index (χ0v) is 18.9. The van der Waals surface area contributed by atoms with Gasteiger partial charge in [-0.2, -0.15) is 0 Å². The van der Waals surface area contributed by atoms with Gasteiger partial charge < -0.3 is 19.5 Å². The number of benzene rings is 2. The lowest BCUT2D eigenvalue weighted by molar-refractivity contribution is -0.140. The fraction of sp³-hybridized carbons (Fsp3) is 0.231. The van der Waals surface area contributed by atoms with Gasteiger partial charge in [0.2, 0.25) is 0 Å². The normalized spacial score (nSPS) is 19.3. The van der Waals surface area contributed by atoms with Crippen LogP contribution in [0.5, 0.6) is 11.5 Å². The number of nitrogens with zero attached hydrogens (tertiary/aromatic N) is 1. The van der Waals surface area contributed by atoms with E-state index in [0.717, 1.165) is 29.0 Å². The molecule has 3 aromatic rings. The van der Waals surface area contributed by atoms with E-state index in [1.807, 2.05) is 41.8 Å². The number of rotatable bonds is 5. The molecule has 2 aliphatic rings. The Kier molecular flexibility index (Phi) is 5.64. The molecule has 7 heteroatoms. The lowest BCUT2D eigenvalue weighted by Crippen LogP contribution is -2.28. The maximum atomic E-state index is 13.2. The van der Waals surface area contributed by atoms with Crippen molar-refractivity contribution in [2.24, 2.45) is 0 Å². The van der Waals surface area contributed by atoms with E-state index in [0.29, 0.717) is 23.5 Å². The highest BCUT2D eigenvalue weighted by molar-refractivity contribution is 7.09. The Bertz CT molecular complexity index is 1250. The number of aliphatic hydroxyl groups is 1. The third kappa shape index (κ3) is 3.89.